The Kier molecular flexibility index (Phi) is 3.71. The molecule has 0 amide bonds. The lowest BCUT2D eigenvalue weighted by Gasteiger charge is -2.67. The van der Waals surface area contributed by atoms with Gasteiger partial charge in [-0.05, 0) is 146 Å². The van der Waals surface area contributed by atoms with Crippen molar-refractivity contribution in [3.05, 3.63) is 83.4 Å². The topological polar surface area (TPSA) is 47.7 Å². The zero-order valence-corrected chi connectivity index (χ0v) is 29.8. The SMILES string of the molecule is c1ccc2c(c1)oc1cccc3c4c5c6c7c(ncc6n6c8cnc9c(c8c(cc4n2c13)c56)C1CC23CC9CC(C1)(C2)C3)C1CC23CC7CC(C1)(C2)C3. The molecular weight excluding hydrogens is 649 g/mol. The standard InChI is InChI=1S/C48H38N4O/c1-2-6-33-29(5-1)51-30-8-28-38-31(17-49-41-25-13-45-9-23(35(38)41)10-46(14-25,19-45)20-45)52-32-18-50-42-26-15-47-11-24(12-48(16-26,21-47)22-47)36(42)39(32)40(44(28)52)37(30)27-4-3-7-34(53-33)43(27)51/h1-8,17-18,23-26H,9-16,19-22H2. The van der Waals surface area contributed by atoms with Gasteiger partial charge in [0.1, 0.15) is 0 Å². The second-order valence-electron chi connectivity index (χ2n) is 20.7. The third-order valence-corrected chi connectivity index (χ3v) is 17.8. The van der Waals surface area contributed by atoms with Crippen LogP contribution in [0.25, 0.3) is 76.6 Å². The van der Waals surface area contributed by atoms with Crippen molar-refractivity contribution >= 4 is 76.6 Å². The summed E-state index contributed by atoms with van der Waals surface area (Å²) in [5, 5.41) is 8.65. The summed E-state index contributed by atoms with van der Waals surface area (Å²) in [4.78, 5) is 11.2. The molecule has 10 fully saturated rings. The first-order valence-corrected chi connectivity index (χ1v) is 20.8. The summed E-state index contributed by atoms with van der Waals surface area (Å²) in [6.07, 6.45) is 21.5. The van der Waals surface area contributed by atoms with Gasteiger partial charge in [-0.25, -0.2) is 0 Å². The van der Waals surface area contributed by atoms with Crippen LogP contribution in [0.15, 0.2) is 65.3 Å². The minimum atomic E-state index is 0.561. The van der Waals surface area contributed by atoms with Gasteiger partial charge in [-0.15, -0.1) is 0 Å². The number of fused-ring (bicyclic) bond motifs is 12. The van der Waals surface area contributed by atoms with E-state index in [1.54, 1.807) is 11.1 Å². The highest BCUT2D eigenvalue weighted by atomic mass is 16.3. The van der Waals surface area contributed by atoms with E-state index in [0.29, 0.717) is 45.3 Å². The Morgan fingerprint density at radius 2 is 1.06 bits per heavy atom. The third kappa shape index (κ3) is 2.58. The van der Waals surface area contributed by atoms with E-state index in [0.717, 1.165) is 16.7 Å². The van der Waals surface area contributed by atoms with Gasteiger partial charge in [0.05, 0.1) is 45.5 Å². The van der Waals surface area contributed by atoms with Gasteiger partial charge < -0.3 is 13.2 Å². The van der Waals surface area contributed by atoms with Crippen LogP contribution in [-0.2, 0) is 0 Å². The van der Waals surface area contributed by atoms with Crippen molar-refractivity contribution in [3.8, 4) is 0 Å². The molecule has 14 aliphatic rings. The lowest BCUT2D eigenvalue weighted by molar-refractivity contribution is -0.150. The smallest absolute Gasteiger partial charge is 0.152 e. The van der Waals surface area contributed by atoms with Crippen molar-refractivity contribution in [1.29, 1.82) is 0 Å². The number of pyridine rings is 2. The van der Waals surface area contributed by atoms with E-state index in [9.17, 15) is 0 Å². The number of hydrogen-bond acceptors (Lipinski definition) is 3. The van der Waals surface area contributed by atoms with E-state index in [1.165, 1.54) is 148 Å². The van der Waals surface area contributed by atoms with Crippen LogP contribution < -0.4 is 0 Å². The van der Waals surface area contributed by atoms with Gasteiger partial charge in [0.25, 0.3) is 0 Å². The van der Waals surface area contributed by atoms with E-state index >= 15 is 0 Å². The van der Waals surface area contributed by atoms with Crippen molar-refractivity contribution in [2.24, 2.45) is 21.7 Å². The minimum Gasteiger partial charge on any atom is -0.453 e. The lowest BCUT2D eigenvalue weighted by atomic mass is 9.37. The van der Waals surface area contributed by atoms with Crippen molar-refractivity contribution in [2.45, 2.75) is 101 Å². The predicted molar refractivity (Wildman–Crippen MR) is 209 cm³/mol. The monoisotopic (exact) mass is 686 g/mol. The first-order valence-electron chi connectivity index (χ1n) is 20.8. The van der Waals surface area contributed by atoms with E-state index < -0.39 is 0 Å². The van der Waals surface area contributed by atoms with Crippen LogP contribution in [0.3, 0.4) is 0 Å². The van der Waals surface area contributed by atoms with Gasteiger partial charge in [-0.2, -0.15) is 0 Å². The summed E-state index contributed by atoms with van der Waals surface area (Å²) in [6, 6.07) is 18.1. The fourth-order valence-corrected chi connectivity index (χ4v) is 17.7. The molecule has 6 aromatic heterocycles. The molecule has 6 heterocycles. The molecule has 10 saturated carbocycles. The van der Waals surface area contributed by atoms with E-state index in [1.807, 2.05) is 0 Å². The molecule has 0 aliphatic heterocycles. The molecule has 0 saturated heterocycles. The molecule has 8 bridgehead atoms. The summed E-state index contributed by atoms with van der Waals surface area (Å²) in [7, 11) is 0. The van der Waals surface area contributed by atoms with Crippen LogP contribution in [0.4, 0.5) is 0 Å². The summed E-state index contributed by atoms with van der Waals surface area (Å²) in [6.45, 7) is 0. The minimum absolute atomic E-state index is 0.561. The first kappa shape index (κ1) is 26.2. The molecule has 14 aliphatic carbocycles. The molecule has 4 spiro atoms. The molecule has 0 N–H and O–H groups in total. The largest absolute Gasteiger partial charge is 0.453 e. The Labute approximate surface area is 304 Å². The fraction of sp³-hybridized carbons (Fsp3) is 0.417. The number of para-hydroxylation sites is 3. The average molecular weight is 687 g/mol. The predicted octanol–water partition coefficient (Wildman–Crippen LogP) is 12.0. The molecule has 0 unspecified atom stereocenters. The summed E-state index contributed by atoms with van der Waals surface area (Å²) in [5.74, 6) is 2.47. The van der Waals surface area contributed by atoms with Crippen LogP contribution in [-0.4, -0.2) is 18.8 Å². The Balaban J connectivity index is 1.13. The van der Waals surface area contributed by atoms with Crippen LogP contribution in [0, 0.1) is 21.7 Å². The summed E-state index contributed by atoms with van der Waals surface area (Å²) in [5.41, 5.74) is 18.1. The van der Waals surface area contributed by atoms with Gasteiger partial charge in [0.2, 0.25) is 0 Å². The first-order chi connectivity index (χ1) is 26.0. The zero-order chi connectivity index (χ0) is 33.5. The second kappa shape index (κ2) is 7.52. The van der Waals surface area contributed by atoms with Crippen LogP contribution in [0.1, 0.15) is 123 Å². The highest BCUT2D eigenvalue weighted by Gasteiger charge is 2.67. The van der Waals surface area contributed by atoms with Crippen molar-refractivity contribution < 1.29 is 4.42 Å². The maximum Gasteiger partial charge on any atom is 0.152 e. The maximum absolute atomic E-state index is 6.70. The van der Waals surface area contributed by atoms with Crippen molar-refractivity contribution in [1.82, 2.24) is 18.8 Å². The molecule has 53 heavy (non-hydrogen) atoms. The normalized spacial score (nSPS) is 36.8. The molecule has 5 nitrogen and oxygen atoms in total. The number of aromatic nitrogens is 4. The quantitative estimate of drug-likeness (QED) is 0.149. The van der Waals surface area contributed by atoms with Crippen LogP contribution in [0.2, 0.25) is 0 Å². The molecule has 23 rings (SSSR count). The third-order valence-electron chi connectivity index (χ3n) is 17.8. The molecule has 5 heteroatoms. The average Bonchev–Trinajstić information content (AvgIpc) is 3.72. The van der Waals surface area contributed by atoms with Gasteiger partial charge in [-0.3, -0.25) is 9.97 Å². The van der Waals surface area contributed by atoms with Crippen molar-refractivity contribution in [3.63, 3.8) is 0 Å². The molecule has 3 aromatic carbocycles. The van der Waals surface area contributed by atoms with E-state index in [2.05, 4.69) is 69.7 Å². The molecule has 0 radical (unpaired) electrons. The zero-order valence-electron chi connectivity index (χ0n) is 29.8. The summed E-state index contributed by atoms with van der Waals surface area (Å²) >= 11 is 0. The van der Waals surface area contributed by atoms with E-state index in [-0.39, 0.29) is 0 Å². The van der Waals surface area contributed by atoms with Crippen LogP contribution >= 0.6 is 0 Å². The molecular formula is C48H38N4O. The lowest BCUT2D eigenvalue weighted by Crippen LogP contribution is -2.56. The number of rotatable bonds is 0. The second-order valence-corrected chi connectivity index (χ2v) is 20.7. The Morgan fingerprint density at radius 3 is 1.74 bits per heavy atom. The highest BCUT2D eigenvalue weighted by molar-refractivity contribution is 6.37. The highest BCUT2D eigenvalue weighted by Crippen LogP contribution is 2.80. The Morgan fingerprint density at radius 1 is 0.491 bits per heavy atom. The summed E-state index contributed by atoms with van der Waals surface area (Å²) < 4.78 is 11.9. The fourth-order valence-electron chi connectivity index (χ4n) is 17.7. The number of hydrogen-bond donors (Lipinski definition) is 0. The Hall–Kier alpha value is -4.64. The van der Waals surface area contributed by atoms with Gasteiger partial charge >= 0.3 is 0 Å². The molecule has 0 atom stereocenters. The molecule has 256 valence electrons. The van der Waals surface area contributed by atoms with Crippen molar-refractivity contribution in [2.75, 3.05) is 0 Å². The Bertz CT molecular complexity index is 3260. The van der Waals surface area contributed by atoms with Gasteiger partial charge in [0.15, 0.2) is 11.2 Å². The van der Waals surface area contributed by atoms with E-state index in [4.69, 9.17) is 14.4 Å². The van der Waals surface area contributed by atoms with Gasteiger partial charge in [0, 0.05) is 55.5 Å². The number of benzene rings is 3. The molecule has 9 aromatic rings. The number of nitrogens with zero attached hydrogens (tertiary/aromatic N) is 4. The van der Waals surface area contributed by atoms with Gasteiger partial charge in [-0.1, -0.05) is 24.3 Å². The van der Waals surface area contributed by atoms with Crippen LogP contribution in [0.5, 0.6) is 0 Å². The maximum atomic E-state index is 6.70.